The molecule has 1 aliphatic heterocycles. The van der Waals surface area contributed by atoms with E-state index in [1.807, 2.05) is 0 Å². The van der Waals surface area contributed by atoms with Crippen LogP contribution in [-0.2, 0) is 0 Å². The highest BCUT2D eigenvalue weighted by Gasteiger charge is 2.13. The minimum absolute atomic E-state index is 0.158. The number of halogens is 2. The topological polar surface area (TPSA) is 65.2 Å². The molecule has 0 spiro atoms. The van der Waals surface area contributed by atoms with E-state index in [4.69, 9.17) is 0 Å². The zero-order valence-corrected chi connectivity index (χ0v) is 11.3. The van der Waals surface area contributed by atoms with Gasteiger partial charge >= 0.3 is 6.03 Å². The van der Waals surface area contributed by atoms with E-state index in [2.05, 4.69) is 27.8 Å². The van der Waals surface area contributed by atoms with Crippen molar-refractivity contribution in [2.75, 3.05) is 21.3 Å². The molecule has 2 aromatic rings. The van der Waals surface area contributed by atoms with E-state index in [1.54, 1.807) is 18.2 Å². The van der Waals surface area contributed by atoms with Gasteiger partial charge in [-0.2, -0.15) is 0 Å². The van der Waals surface area contributed by atoms with E-state index in [0.29, 0.717) is 11.5 Å². The summed E-state index contributed by atoms with van der Waals surface area (Å²) in [5.41, 5.74) is 2.35. The first-order valence-corrected chi connectivity index (χ1v) is 6.41. The largest absolute Gasteiger partial charge is 0.341 e. The number of nitrogens with one attached hydrogen (secondary N) is 4. The highest BCUT2D eigenvalue weighted by atomic mass is 19.2. The number of benzene rings is 2. The van der Waals surface area contributed by atoms with Crippen LogP contribution in [0.3, 0.4) is 0 Å². The molecule has 0 saturated heterocycles. The van der Waals surface area contributed by atoms with Crippen LogP contribution < -0.4 is 21.3 Å². The molecule has 1 aliphatic rings. The van der Waals surface area contributed by atoms with Gasteiger partial charge < -0.3 is 21.3 Å². The monoisotopic (exact) mass is 302 g/mol. The fraction of sp³-hybridized carbons (Fsp3) is 0. The van der Waals surface area contributed by atoms with Gasteiger partial charge in [0.2, 0.25) is 0 Å². The predicted octanol–water partition coefficient (Wildman–Crippen LogP) is 3.92. The Labute approximate surface area is 125 Å². The van der Waals surface area contributed by atoms with E-state index < -0.39 is 17.7 Å². The number of carbonyl (C=O) groups excluding carboxylic acids is 1. The molecule has 2 aromatic carbocycles. The normalized spacial score (nSPS) is 12.2. The van der Waals surface area contributed by atoms with Crippen LogP contribution in [-0.4, -0.2) is 6.03 Å². The molecule has 0 atom stereocenters. The molecule has 0 bridgehead atoms. The van der Waals surface area contributed by atoms with Crippen molar-refractivity contribution >= 4 is 28.8 Å². The molecule has 0 unspecified atom stereocenters. The SMILES string of the molecule is C=C1Nc2ccc(NC(=O)Nc3ccc(F)c(F)c3)cc2N1. The Bertz CT molecular complexity index is 776. The second-order valence-corrected chi connectivity index (χ2v) is 4.70. The second-order valence-electron chi connectivity index (χ2n) is 4.70. The third-order valence-corrected chi connectivity index (χ3v) is 3.03. The van der Waals surface area contributed by atoms with Crippen LogP contribution in [0.4, 0.5) is 36.3 Å². The van der Waals surface area contributed by atoms with Gasteiger partial charge in [0.25, 0.3) is 0 Å². The minimum Gasteiger partial charge on any atom is -0.341 e. The third-order valence-electron chi connectivity index (χ3n) is 3.03. The molecule has 4 N–H and O–H groups in total. The van der Waals surface area contributed by atoms with Gasteiger partial charge in [-0.25, -0.2) is 13.6 Å². The second kappa shape index (κ2) is 5.36. The Morgan fingerprint density at radius 2 is 1.55 bits per heavy atom. The summed E-state index contributed by atoms with van der Waals surface area (Å²) in [6.45, 7) is 3.74. The molecule has 3 rings (SSSR count). The molecule has 0 aliphatic carbocycles. The standard InChI is InChI=1S/C15H12F2N4O/c1-8-18-13-5-3-10(7-14(13)19-8)21-15(22)20-9-2-4-11(16)12(17)6-9/h2-7,18-19H,1H2,(H2,20,21,22). The van der Waals surface area contributed by atoms with E-state index in [0.717, 1.165) is 23.5 Å². The van der Waals surface area contributed by atoms with Crippen molar-refractivity contribution in [3.05, 3.63) is 60.4 Å². The van der Waals surface area contributed by atoms with Crippen molar-refractivity contribution < 1.29 is 13.6 Å². The van der Waals surface area contributed by atoms with Crippen molar-refractivity contribution in [3.63, 3.8) is 0 Å². The van der Waals surface area contributed by atoms with Crippen LogP contribution >= 0.6 is 0 Å². The Morgan fingerprint density at radius 3 is 2.27 bits per heavy atom. The summed E-state index contributed by atoms with van der Waals surface area (Å²) in [6, 6.07) is 7.79. The Hall–Kier alpha value is -3.09. The van der Waals surface area contributed by atoms with Crippen LogP contribution in [0.5, 0.6) is 0 Å². The maximum absolute atomic E-state index is 13.1. The lowest BCUT2D eigenvalue weighted by atomic mass is 10.2. The van der Waals surface area contributed by atoms with E-state index >= 15 is 0 Å². The smallest absolute Gasteiger partial charge is 0.323 e. The molecule has 22 heavy (non-hydrogen) atoms. The lowest BCUT2D eigenvalue weighted by molar-refractivity contribution is 0.262. The average Bonchev–Trinajstić information content (AvgIpc) is 2.82. The summed E-state index contributed by atoms with van der Waals surface area (Å²) in [7, 11) is 0. The average molecular weight is 302 g/mol. The first-order valence-electron chi connectivity index (χ1n) is 6.41. The molecule has 5 nitrogen and oxygen atoms in total. The number of hydrogen-bond donors (Lipinski definition) is 4. The summed E-state index contributed by atoms with van der Waals surface area (Å²) < 4.78 is 25.9. The summed E-state index contributed by atoms with van der Waals surface area (Å²) in [5, 5.41) is 11.1. The third kappa shape index (κ3) is 2.83. The van der Waals surface area contributed by atoms with Crippen LogP contribution in [0.1, 0.15) is 0 Å². The quantitative estimate of drug-likeness (QED) is 0.680. The van der Waals surface area contributed by atoms with E-state index in [9.17, 15) is 13.6 Å². The zero-order valence-electron chi connectivity index (χ0n) is 11.3. The number of fused-ring (bicyclic) bond motifs is 1. The van der Waals surface area contributed by atoms with Gasteiger partial charge in [0.05, 0.1) is 11.4 Å². The van der Waals surface area contributed by atoms with Crippen LogP contribution in [0.15, 0.2) is 48.8 Å². The molecular formula is C15H12F2N4O. The Balaban J connectivity index is 1.68. The number of urea groups is 1. The molecule has 0 saturated carbocycles. The molecule has 1 heterocycles. The van der Waals surface area contributed by atoms with Gasteiger partial charge in [-0.15, -0.1) is 0 Å². The zero-order chi connectivity index (χ0) is 15.7. The molecule has 0 radical (unpaired) electrons. The fourth-order valence-electron chi connectivity index (χ4n) is 2.06. The summed E-state index contributed by atoms with van der Waals surface area (Å²) in [5.74, 6) is -1.34. The number of carbonyl (C=O) groups is 1. The first kappa shape index (κ1) is 13.9. The minimum atomic E-state index is -1.02. The number of anilines is 4. The van der Waals surface area contributed by atoms with Crippen molar-refractivity contribution in [2.45, 2.75) is 0 Å². The van der Waals surface area contributed by atoms with Gasteiger partial charge in [-0.1, -0.05) is 6.58 Å². The van der Waals surface area contributed by atoms with Crippen LogP contribution in [0.25, 0.3) is 0 Å². The lowest BCUT2D eigenvalue weighted by Crippen LogP contribution is -2.19. The van der Waals surface area contributed by atoms with Crippen molar-refractivity contribution in [1.82, 2.24) is 0 Å². The van der Waals surface area contributed by atoms with E-state index in [1.165, 1.54) is 6.07 Å². The Kier molecular flexibility index (Phi) is 3.38. The first-order chi connectivity index (χ1) is 10.5. The molecule has 0 aromatic heterocycles. The summed E-state index contributed by atoms with van der Waals surface area (Å²) >= 11 is 0. The summed E-state index contributed by atoms with van der Waals surface area (Å²) in [6.07, 6.45) is 0. The predicted molar refractivity (Wildman–Crippen MR) is 81.8 cm³/mol. The lowest BCUT2D eigenvalue weighted by Gasteiger charge is -2.09. The maximum Gasteiger partial charge on any atom is 0.323 e. The summed E-state index contributed by atoms with van der Waals surface area (Å²) in [4.78, 5) is 11.9. The molecule has 2 amide bonds. The Morgan fingerprint density at radius 1 is 0.909 bits per heavy atom. The maximum atomic E-state index is 13.1. The molecule has 112 valence electrons. The van der Waals surface area contributed by atoms with Gasteiger partial charge in [-0.05, 0) is 30.3 Å². The molecule has 7 heteroatoms. The van der Waals surface area contributed by atoms with Crippen molar-refractivity contribution in [1.29, 1.82) is 0 Å². The van der Waals surface area contributed by atoms with E-state index in [-0.39, 0.29) is 5.69 Å². The van der Waals surface area contributed by atoms with Crippen LogP contribution in [0.2, 0.25) is 0 Å². The molecule has 0 fully saturated rings. The highest BCUT2D eigenvalue weighted by molar-refractivity contribution is 6.00. The van der Waals surface area contributed by atoms with Gasteiger partial charge in [-0.3, -0.25) is 0 Å². The van der Waals surface area contributed by atoms with Crippen molar-refractivity contribution in [2.24, 2.45) is 0 Å². The van der Waals surface area contributed by atoms with Crippen LogP contribution in [0, 0.1) is 11.6 Å². The van der Waals surface area contributed by atoms with Gasteiger partial charge in [0, 0.05) is 17.4 Å². The van der Waals surface area contributed by atoms with Crippen molar-refractivity contribution in [3.8, 4) is 0 Å². The van der Waals surface area contributed by atoms with Gasteiger partial charge in [0.1, 0.15) is 5.82 Å². The highest BCUT2D eigenvalue weighted by Crippen LogP contribution is 2.32. The fourth-order valence-corrected chi connectivity index (χ4v) is 2.06. The number of amides is 2. The number of rotatable bonds is 2. The van der Waals surface area contributed by atoms with Gasteiger partial charge in [0.15, 0.2) is 11.6 Å². The molecular weight excluding hydrogens is 290 g/mol. The number of hydrogen-bond acceptors (Lipinski definition) is 3.